The second kappa shape index (κ2) is 6.93. The Morgan fingerprint density at radius 2 is 2.26 bits per heavy atom. The lowest BCUT2D eigenvalue weighted by atomic mass is 10.1. The van der Waals surface area contributed by atoms with E-state index in [4.69, 9.17) is 0 Å². The fraction of sp³-hybridized carbons (Fsp3) is 0.625. The molecular formula is C16H24N6O. The van der Waals surface area contributed by atoms with E-state index in [1.165, 1.54) is 0 Å². The van der Waals surface area contributed by atoms with Gasteiger partial charge >= 0.3 is 0 Å². The van der Waals surface area contributed by atoms with Crippen molar-refractivity contribution in [2.45, 2.75) is 52.1 Å². The Morgan fingerprint density at radius 3 is 2.96 bits per heavy atom. The summed E-state index contributed by atoms with van der Waals surface area (Å²) in [6.45, 7) is 6.32. The van der Waals surface area contributed by atoms with Crippen LogP contribution in [0, 0.1) is 13.8 Å². The molecule has 1 unspecified atom stereocenters. The zero-order valence-corrected chi connectivity index (χ0v) is 13.9. The number of piperidine rings is 1. The number of likely N-dealkylation sites (tertiary alicyclic amines) is 1. The van der Waals surface area contributed by atoms with Gasteiger partial charge in [0.1, 0.15) is 11.6 Å². The summed E-state index contributed by atoms with van der Waals surface area (Å²) in [6.07, 6.45) is 8.99. The third-order valence-corrected chi connectivity index (χ3v) is 4.37. The summed E-state index contributed by atoms with van der Waals surface area (Å²) >= 11 is 0. The van der Waals surface area contributed by atoms with Gasteiger partial charge in [0.15, 0.2) is 0 Å². The molecule has 124 valence electrons. The Balaban J connectivity index is 1.53. The van der Waals surface area contributed by atoms with Crippen LogP contribution < -0.4 is 0 Å². The third-order valence-electron chi connectivity index (χ3n) is 4.37. The van der Waals surface area contributed by atoms with Gasteiger partial charge in [0, 0.05) is 38.4 Å². The van der Waals surface area contributed by atoms with Gasteiger partial charge in [-0.05, 0) is 33.1 Å². The molecule has 0 radical (unpaired) electrons. The number of imidazole rings is 1. The van der Waals surface area contributed by atoms with E-state index >= 15 is 0 Å². The van der Waals surface area contributed by atoms with Crippen LogP contribution in [0.25, 0.3) is 0 Å². The SMILES string of the molecule is Cc1nc(C)n(C2CCCN(C(=O)CCCn3ccnc3)C2)n1. The van der Waals surface area contributed by atoms with Crippen molar-refractivity contribution in [3.05, 3.63) is 30.4 Å². The summed E-state index contributed by atoms with van der Waals surface area (Å²) in [5, 5.41) is 4.48. The quantitative estimate of drug-likeness (QED) is 0.842. The Bertz CT molecular complexity index is 648. The van der Waals surface area contributed by atoms with Crippen molar-refractivity contribution in [1.82, 2.24) is 29.2 Å². The maximum atomic E-state index is 12.4. The van der Waals surface area contributed by atoms with E-state index in [9.17, 15) is 4.79 Å². The van der Waals surface area contributed by atoms with Crippen LogP contribution in [-0.4, -0.2) is 48.2 Å². The summed E-state index contributed by atoms with van der Waals surface area (Å²) < 4.78 is 3.99. The van der Waals surface area contributed by atoms with Crippen LogP contribution in [0.15, 0.2) is 18.7 Å². The minimum absolute atomic E-state index is 0.240. The van der Waals surface area contributed by atoms with Crippen molar-refractivity contribution in [3.63, 3.8) is 0 Å². The minimum atomic E-state index is 0.240. The normalized spacial score (nSPS) is 18.3. The standard InChI is InChI=1S/C16H24N6O/c1-13-18-14(2)22(19-13)15-5-3-9-21(11-15)16(23)6-4-8-20-10-7-17-12-20/h7,10,12,15H,3-6,8-9,11H2,1-2H3. The zero-order valence-electron chi connectivity index (χ0n) is 13.9. The van der Waals surface area contributed by atoms with Crippen molar-refractivity contribution in [2.75, 3.05) is 13.1 Å². The lowest BCUT2D eigenvalue weighted by Crippen LogP contribution is -2.41. The molecule has 1 saturated heterocycles. The predicted octanol–water partition coefficient (Wildman–Crippen LogP) is 1.74. The molecule has 2 aromatic rings. The average molecular weight is 316 g/mol. The molecule has 1 fully saturated rings. The van der Waals surface area contributed by atoms with E-state index in [0.29, 0.717) is 6.42 Å². The molecule has 1 atom stereocenters. The number of hydrogen-bond acceptors (Lipinski definition) is 4. The van der Waals surface area contributed by atoms with Crippen LogP contribution in [0.2, 0.25) is 0 Å². The Hall–Kier alpha value is -2.18. The molecule has 0 saturated carbocycles. The average Bonchev–Trinajstić information content (AvgIpc) is 3.17. The highest BCUT2D eigenvalue weighted by Crippen LogP contribution is 2.22. The molecule has 0 spiro atoms. The molecule has 2 aromatic heterocycles. The number of aromatic nitrogens is 5. The van der Waals surface area contributed by atoms with Gasteiger partial charge in [-0.15, -0.1) is 0 Å². The summed E-state index contributed by atoms with van der Waals surface area (Å²) in [5.41, 5.74) is 0. The lowest BCUT2D eigenvalue weighted by Gasteiger charge is -2.33. The highest BCUT2D eigenvalue weighted by Gasteiger charge is 2.26. The largest absolute Gasteiger partial charge is 0.341 e. The number of amides is 1. The molecule has 1 aliphatic heterocycles. The van der Waals surface area contributed by atoms with Gasteiger partial charge in [-0.25, -0.2) is 14.6 Å². The first-order valence-corrected chi connectivity index (χ1v) is 8.27. The Morgan fingerprint density at radius 1 is 1.39 bits per heavy atom. The predicted molar refractivity (Wildman–Crippen MR) is 85.8 cm³/mol. The van der Waals surface area contributed by atoms with Crippen LogP contribution in [0.4, 0.5) is 0 Å². The van der Waals surface area contributed by atoms with E-state index in [2.05, 4.69) is 15.1 Å². The summed E-state index contributed by atoms with van der Waals surface area (Å²) in [6, 6.07) is 0.252. The maximum Gasteiger partial charge on any atom is 0.222 e. The van der Waals surface area contributed by atoms with Crippen LogP contribution in [0.3, 0.4) is 0 Å². The molecule has 23 heavy (non-hydrogen) atoms. The highest BCUT2D eigenvalue weighted by atomic mass is 16.2. The topological polar surface area (TPSA) is 68.8 Å². The first-order valence-electron chi connectivity index (χ1n) is 8.27. The van der Waals surface area contributed by atoms with Gasteiger partial charge in [0.05, 0.1) is 12.4 Å². The second-order valence-electron chi connectivity index (χ2n) is 6.19. The highest BCUT2D eigenvalue weighted by molar-refractivity contribution is 5.76. The van der Waals surface area contributed by atoms with Crippen molar-refractivity contribution >= 4 is 5.91 Å². The fourth-order valence-electron chi connectivity index (χ4n) is 3.25. The van der Waals surface area contributed by atoms with E-state index < -0.39 is 0 Å². The van der Waals surface area contributed by atoms with Crippen molar-refractivity contribution in [1.29, 1.82) is 0 Å². The first kappa shape index (κ1) is 15.7. The molecule has 1 amide bonds. The van der Waals surface area contributed by atoms with Crippen LogP contribution in [0.5, 0.6) is 0 Å². The first-order chi connectivity index (χ1) is 11.1. The van der Waals surface area contributed by atoms with Gasteiger partial charge in [-0.2, -0.15) is 5.10 Å². The van der Waals surface area contributed by atoms with Crippen LogP contribution in [-0.2, 0) is 11.3 Å². The zero-order chi connectivity index (χ0) is 16.2. The van der Waals surface area contributed by atoms with Crippen LogP contribution >= 0.6 is 0 Å². The molecule has 3 heterocycles. The van der Waals surface area contributed by atoms with Gasteiger partial charge < -0.3 is 9.47 Å². The van der Waals surface area contributed by atoms with E-state index in [1.54, 1.807) is 12.5 Å². The van der Waals surface area contributed by atoms with Gasteiger partial charge in [0.25, 0.3) is 0 Å². The molecule has 1 aliphatic rings. The number of carbonyl (C=O) groups is 1. The molecule has 0 aliphatic carbocycles. The number of hydrogen-bond donors (Lipinski definition) is 0. The third kappa shape index (κ3) is 3.78. The van der Waals surface area contributed by atoms with Gasteiger partial charge in [-0.3, -0.25) is 4.79 Å². The molecular weight excluding hydrogens is 292 g/mol. The number of nitrogens with zero attached hydrogens (tertiary/aromatic N) is 6. The summed E-state index contributed by atoms with van der Waals surface area (Å²) in [4.78, 5) is 22.8. The molecule has 0 N–H and O–H groups in total. The molecule has 0 aromatic carbocycles. The lowest BCUT2D eigenvalue weighted by molar-refractivity contribution is -0.133. The smallest absolute Gasteiger partial charge is 0.222 e. The van der Waals surface area contributed by atoms with Crippen molar-refractivity contribution < 1.29 is 4.79 Å². The van der Waals surface area contributed by atoms with Gasteiger partial charge in [-0.1, -0.05) is 0 Å². The second-order valence-corrected chi connectivity index (χ2v) is 6.19. The minimum Gasteiger partial charge on any atom is -0.341 e. The summed E-state index contributed by atoms with van der Waals surface area (Å²) in [5.74, 6) is 1.97. The van der Waals surface area contributed by atoms with E-state index in [1.807, 2.05) is 34.2 Å². The maximum absolute atomic E-state index is 12.4. The Kier molecular flexibility index (Phi) is 4.73. The molecule has 7 heteroatoms. The number of carbonyl (C=O) groups excluding carboxylic acids is 1. The van der Waals surface area contributed by atoms with Gasteiger partial charge in [0.2, 0.25) is 5.91 Å². The van der Waals surface area contributed by atoms with E-state index in [-0.39, 0.29) is 11.9 Å². The number of rotatable bonds is 5. The van der Waals surface area contributed by atoms with Crippen molar-refractivity contribution in [2.24, 2.45) is 0 Å². The molecule has 7 nitrogen and oxygen atoms in total. The van der Waals surface area contributed by atoms with E-state index in [0.717, 1.165) is 50.5 Å². The van der Waals surface area contributed by atoms with Crippen molar-refractivity contribution in [3.8, 4) is 0 Å². The molecule has 0 bridgehead atoms. The monoisotopic (exact) mass is 316 g/mol. The molecule has 3 rings (SSSR count). The Labute approximate surface area is 136 Å². The summed E-state index contributed by atoms with van der Waals surface area (Å²) in [7, 11) is 0. The number of aryl methyl sites for hydroxylation is 3. The van der Waals surface area contributed by atoms with Crippen LogP contribution in [0.1, 0.15) is 43.4 Å². The fourth-order valence-corrected chi connectivity index (χ4v) is 3.25.